The van der Waals surface area contributed by atoms with Gasteiger partial charge in [-0.1, -0.05) is 27.7 Å². The first-order valence-corrected chi connectivity index (χ1v) is 5.71. The third-order valence-corrected chi connectivity index (χ3v) is 2.87. The Balaban J connectivity index is 3.47. The van der Waals surface area contributed by atoms with Crippen LogP contribution in [0.1, 0.15) is 47.5 Å². The average Bonchev–Trinajstić information content (AvgIpc) is 2.12. The van der Waals surface area contributed by atoms with Crippen LogP contribution in [-0.2, 0) is 4.74 Å². The lowest BCUT2D eigenvalue weighted by molar-refractivity contribution is 0.0297. The maximum Gasteiger partial charge on any atom is 0.0569 e. The van der Waals surface area contributed by atoms with Crippen molar-refractivity contribution in [1.82, 2.24) is 0 Å². The molecule has 0 aliphatic rings. The van der Waals surface area contributed by atoms with Gasteiger partial charge in [-0.2, -0.15) is 0 Å². The number of hydrogen-bond donors (Lipinski definition) is 1. The van der Waals surface area contributed by atoms with Crippen molar-refractivity contribution < 1.29 is 4.74 Å². The van der Waals surface area contributed by atoms with Crippen molar-refractivity contribution in [2.45, 2.75) is 53.6 Å². The van der Waals surface area contributed by atoms with E-state index >= 15 is 0 Å². The molecule has 2 heteroatoms. The van der Waals surface area contributed by atoms with Gasteiger partial charge in [-0.05, 0) is 37.6 Å². The summed E-state index contributed by atoms with van der Waals surface area (Å²) < 4.78 is 5.70. The number of nitrogens with two attached hydrogens (primary N) is 1. The quantitative estimate of drug-likeness (QED) is 0.643. The summed E-state index contributed by atoms with van der Waals surface area (Å²) in [6.07, 6.45) is 2.63. The second kappa shape index (κ2) is 6.41. The van der Waals surface area contributed by atoms with Gasteiger partial charge < -0.3 is 10.5 Å². The highest BCUT2D eigenvalue weighted by Gasteiger charge is 2.15. The normalized spacial score (nSPS) is 14.8. The van der Waals surface area contributed by atoms with E-state index < -0.39 is 0 Å². The molecule has 0 fully saturated rings. The van der Waals surface area contributed by atoms with Crippen LogP contribution >= 0.6 is 0 Å². The second-order valence-electron chi connectivity index (χ2n) is 5.29. The van der Waals surface area contributed by atoms with Crippen molar-refractivity contribution in [2.24, 2.45) is 17.1 Å². The third-order valence-electron chi connectivity index (χ3n) is 2.87. The Hall–Kier alpha value is -0.0800. The van der Waals surface area contributed by atoms with Crippen molar-refractivity contribution in [3.05, 3.63) is 0 Å². The molecule has 1 atom stereocenters. The molecule has 0 bridgehead atoms. The first kappa shape index (κ1) is 13.9. The molecule has 0 aromatic carbocycles. The Morgan fingerprint density at radius 1 is 1.21 bits per heavy atom. The Morgan fingerprint density at radius 3 is 2.21 bits per heavy atom. The Kier molecular flexibility index (Phi) is 6.38. The zero-order chi connectivity index (χ0) is 11.2. The highest BCUT2D eigenvalue weighted by Crippen LogP contribution is 2.20. The topological polar surface area (TPSA) is 35.2 Å². The first-order chi connectivity index (χ1) is 6.39. The minimum atomic E-state index is 0.268. The van der Waals surface area contributed by atoms with Crippen LogP contribution < -0.4 is 5.73 Å². The minimum absolute atomic E-state index is 0.268. The molecule has 2 nitrogen and oxygen atoms in total. The molecular weight excluding hydrogens is 174 g/mol. The molecule has 0 saturated heterocycles. The van der Waals surface area contributed by atoms with E-state index in [1.807, 2.05) is 0 Å². The van der Waals surface area contributed by atoms with Gasteiger partial charge in [0.1, 0.15) is 0 Å². The van der Waals surface area contributed by atoms with Crippen LogP contribution in [0.15, 0.2) is 0 Å². The van der Waals surface area contributed by atoms with Gasteiger partial charge in [0.15, 0.2) is 0 Å². The Morgan fingerprint density at radius 2 is 1.79 bits per heavy atom. The number of ether oxygens (including phenoxy) is 1. The SMILES string of the molecule is CC(C)C(C)OCCCC(C)(C)CN. The monoisotopic (exact) mass is 201 g/mol. The molecule has 2 N–H and O–H groups in total. The van der Waals surface area contributed by atoms with E-state index in [-0.39, 0.29) is 5.41 Å². The predicted octanol–water partition coefficient (Wildman–Crippen LogP) is 2.81. The number of rotatable bonds is 7. The van der Waals surface area contributed by atoms with Crippen LogP contribution in [0.25, 0.3) is 0 Å². The summed E-state index contributed by atoms with van der Waals surface area (Å²) in [6, 6.07) is 0. The molecule has 0 heterocycles. The lowest BCUT2D eigenvalue weighted by Gasteiger charge is -2.23. The molecule has 1 unspecified atom stereocenters. The van der Waals surface area contributed by atoms with Crippen LogP contribution in [0, 0.1) is 11.3 Å². The van der Waals surface area contributed by atoms with Gasteiger partial charge in [0.25, 0.3) is 0 Å². The van der Waals surface area contributed by atoms with E-state index in [0.717, 1.165) is 26.0 Å². The standard InChI is InChI=1S/C12H27NO/c1-10(2)11(3)14-8-6-7-12(4,5)9-13/h10-11H,6-9,13H2,1-5H3. The van der Waals surface area contributed by atoms with Gasteiger partial charge in [0.05, 0.1) is 6.10 Å². The molecule has 0 aliphatic carbocycles. The number of hydrogen-bond acceptors (Lipinski definition) is 2. The van der Waals surface area contributed by atoms with E-state index in [4.69, 9.17) is 10.5 Å². The molecule has 0 aliphatic heterocycles. The zero-order valence-corrected chi connectivity index (χ0v) is 10.5. The average molecular weight is 201 g/mol. The van der Waals surface area contributed by atoms with Gasteiger partial charge in [-0.25, -0.2) is 0 Å². The first-order valence-electron chi connectivity index (χ1n) is 5.71. The minimum Gasteiger partial charge on any atom is -0.378 e. The highest BCUT2D eigenvalue weighted by atomic mass is 16.5. The largest absolute Gasteiger partial charge is 0.378 e. The summed E-state index contributed by atoms with van der Waals surface area (Å²) >= 11 is 0. The smallest absolute Gasteiger partial charge is 0.0569 e. The summed E-state index contributed by atoms with van der Waals surface area (Å²) in [5, 5.41) is 0. The van der Waals surface area contributed by atoms with Gasteiger partial charge >= 0.3 is 0 Å². The van der Waals surface area contributed by atoms with Crippen LogP contribution in [0.4, 0.5) is 0 Å². The maximum absolute atomic E-state index is 5.70. The molecule has 0 aromatic rings. The van der Waals surface area contributed by atoms with Crippen LogP contribution in [0.3, 0.4) is 0 Å². The molecule has 0 rings (SSSR count). The van der Waals surface area contributed by atoms with Gasteiger partial charge in [-0.3, -0.25) is 0 Å². The molecular formula is C12H27NO. The lowest BCUT2D eigenvalue weighted by atomic mass is 9.88. The molecule has 0 spiro atoms. The predicted molar refractivity (Wildman–Crippen MR) is 62.3 cm³/mol. The van der Waals surface area contributed by atoms with Crippen LogP contribution in [-0.4, -0.2) is 19.3 Å². The summed E-state index contributed by atoms with van der Waals surface area (Å²) in [7, 11) is 0. The lowest BCUT2D eigenvalue weighted by Crippen LogP contribution is -2.24. The fraction of sp³-hybridized carbons (Fsp3) is 1.00. The molecule has 14 heavy (non-hydrogen) atoms. The van der Waals surface area contributed by atoms with Gasteiger partial charge in [0, 0.05) is 6.61 Å². The summed E-state index contributed by atoms with van der Waals surface area (Å²) in [5.74, 6) is 0.609. The van der Waals surface area contributed by atoms with Crippen molar-refractivity contribution in [2.75, 3.05) is 13.2 Å². The molecule has 0 aromatic heterocycles. The zero-order valence-electron chi connectivity index (χ0n) is 10.5. The second-order valence-corrected chi connectivity index (χ2v) is 5.29. The molecule has 0 saturated carbocycles. The summed E-state index contributed by atoms with van der Waals surface area (Å²) in [6.45, 7) is 12.6. The Bertz CT molecular complexity index is 143. The highest BCUT2D eigenvalue weighted by molar-refractivity contribution is 4.68. The van der Waals surface area contributed by atoms with Crippen molar-refractivity contribution in [3.63, 3.8) is 0 Å². The van der Waals surface area contributed by atoms with Crippen molar-refractivity contribution in [1.29, 1.82) is 0 Å². The van der Waals surface area contributed by atoms with Crippen LogP contribution in [0.5, 0.6) is 0 Å². The van der Waals surface area contributed by atoms with Gasteiger partial charge in [-0.15, -0.1) is 0 Å². The molecule has 0 amide bonds. The Labute approximate surface area is 89.2 Å². The summed E-state index contributed by atoms with van der Waals surface area (Å²) in [5.41, 5.74) is 5.92. The van der Waals surface area contributed by atoms with Crippen molar-refractivity contribution >= 4 is 0 Å². The molecule has 0 radical (unpaired) electrons. The fourth-order valence-electron chi connectivity index (χ4n) is 1.11. The van der Waals surface area contributed by atoms with Crippen molar-refractivity contribution in [3.8, 4) is 0 Å². The third kappa shape index (κ3) is 6.39. The molecule has 86 valence electrons. The van der Waals surface area contributed by atoms with E-state index in [9.17, 15) is 0 Å². The maximum atomic E-state index is 5.70. The van der Waals surface area contributed by atoms with E-state index in [1.54, 1.807) is 0 Å². The van der Waals surface area contributed by atoms with E-state index in [0.29, 0.717) is 12.0 Å². The summed E-state index contributed by atoms with van der Waals surface area (Å²) in [4.78, 5) is 0. The van der Waals surface area contributed by atoms with E-state index in [2.05, 4.69) is 34.6 Å². The fourth-order valence-corrected chi connectivity index (χ4v) is 1.11. The van der Waals surface area contributed by atoms with Gasteiger partial charge in [0.2, 0.25) is 0 Å². The van der Waals surface area contributed by atoms with Crippen LogP contribution in [0.2, 0.25) is 0 Å². The van der Waals surface area contributed by atoms with E-state index in [1.165, 1.54) is 0 Å².